The molecule has 194 valence electrons. The molecular formula is C22H37N3O8S. The molecule has 0 aliphatic heterocycles. The normalized spacial score (nSPS) is 10.8. The molecule has 0 heterocycles. The number of benzene rings is 1. The minimum absolute atomic E-state index is 0.102. The maximum atomic E-state index is 12.6. The third-order valence-corrected chi connectivity index (χ3v) is 6.43. The maximum absolute atomic E-state index is 12.6. The SMILES string of the molecule is CCOCCCN(CCS(=O)(=O)c1ccccc1)C(=O)NCCN(CC)CC.O=C(O)C(=O)O. The summed E-state index contributed by atoms with van der Waals surface area (Å²) in [6.07, 6.45) is 0.669. The summed E-state index contributed by atoms with van der Waals surface area (Å²) in [5, 5.41) is 17.7. The molecule has 2 amide bonds. The molecule has 0 aliphatic carbocycles. The molecule has 12 heteroatoms. The van der Waals surface area contributed by atoms with Crippen LogP contribution in [0.1, 0.15) is 27.2 Å². The second-order valence-corrected chi connectivity index (χ2v) is 9.15. The first-order valence-electron chi connectivity index (χ1n) is 11.2. The van der Waals surface area contributed by atoms with E-state index in [1.807, 2.05) is 6.92 Å². The smallest absolute Gasteiger partial charge is 0.414 e. The summed E-state index contributed by atoms with van der Waals surface area (Å²) in [6.45, 7) is 11.0. The van der Waals surface area contributed by atoms with Gasteiger partial charge in [-0.25, -0.2) is 22.8 Å². The third kappa shape index (κ3) is 13.8. The van der Waals surface area contributed by atoms with Crippen LogP contribution in [0.15, 0.2) is 35.2 Å². The molecule has 0 atom stereocenters. The minimum atomic E-state index is -3.43. The Hall–Kier alpha value is -2.70. The Morgan fingerprint density at radius 2 is 1.53 bits per heavy atom. The molecule has 0 aliphatic rings. The van der Waals surface area contributed by atoms with E-state index in [0.717, 1.165) is 19.6 Å². The fraction of sp³-hybridized carbons (Fsp3) is 0.591. The lowest BCUT2D eigenvalue weighted by molar-refractivity contribution is -0.159. The van der Waals surface area contributed by atoms with Gasteiger partial charge in [-0.2, -0.15) is 0 Å². The molecule has 0 fully saturated rings. The highest BCUT2D eigenvalue weighted by Gasteiger charge is 2.19. The van der Waals surface area contributed by atoms with Crippen LogP contribution in [-0.2, 0) is 24.2 Å². The van der Waals surface area contributed by atoms with Crippen LogP contribution in [0, 0.1) is 0 Å². The Bertz CT molecular complexity index is 818. The van der Waals surface area contributed by atoms with Crippen molar-refractivity contribution < 1.29 is 37.8 Å². The average molecular weight is 504 g/mol. The van der Waals surface area contributed by atoms with Gasteiger partial charge >= 0.3 is 18.0 Å². The Morgan fingerprint density at radius 3 is 2.03 bits per heavy atom. The molecule has 0 aromatic heterocycles. The second kappa shape index (κ2) is 17.7. The monoisotopic (exact) mass is 503 g/mol. The predicted molar refractivity (Wildman–Crippen MR) is 128 cm³/mol. The van der Waals surface area contributed by atoms with Crippen molar-refractivity contribution in [3.63, 3.8) is 0 Å². The molecule has 34 heavy (non-hydrogen) atoms. The number of hydrogen-bond donors (Lipinski definition) is 3. The van der Waals surface area contributed by atoms with Gasteiger partial charge in [-0.1, -0.05) is 32.0 Å². The van der Waals surface area contributed by atoms with Gasteiger partial charge in [-0.15, -0.1) is 0 Å². The second-order valence-electron chi connectivity index (χ2n) is 7.04. The lowest BCUT2D eigenvalue weighted by Gasteiger charge is -2.24. The van der Waals surface area contributed by atoms with Crippen LogP contribution in [0.25, 0.3) is 0 Å². The van der Waals surface area contributed by atoms with Crippen LogP contribution < -0.4 is 5.32 Å². The number of nitrogens with zero attached hydrogens (tertiary/aromatic N) is 2. The summed E-state index contributed by atoms with van der Waals surface area (Å²) in [4.78, 5) is 34.9. The molecule has 0 saturated heterocycles. The van der Waals surface area contributed by atoms with E-state index in [2.05, 4.69) is 24.1 Å². The fourth-order valence-corrected chi connectivity index (χ4v) is 4.03. The summed E-state index contributed by atoms with van der Waals surface area (Å²) in [5.41, 5.74) is 0. The van der Waals surface area contributed by atoms with Crippen molar-refractivity contribution in [3.8, 4) is 0 Å². The van der Waals surface area contributed by atoms with Gasteiger partial charge < -0.3 is 30.1 Å². The number of ether oxygens (including phenoxy) is 1. The lowest BCUT2D eigenvalue weighted by Crippen LogP contribution is -2.45. The van der Waals surface area contributed by atoms with E-state index in [1.165, 1.54) is 0 Å². The molecule has 0 radical (unpaired) electrons. The maximum Gasteiger partial charge on any atom is 0.414 e. The summed E-state index contributed by atoms with van der Waals surface area (Å²) < 4.78 is 30.4. The minimum Gasteiger partial charge on any atom is -0.473 e. The lowest BCUT2D eigenvalue weighted by atomic mass is 10.4. The number of aliphatic carboxylic acids is 2. The Labute approximate surface area is 201 Å². The van der Waals surface area contributed by atoms with Gasteiger partial charge in [0.2, 0.25) is 0 Å². The number of likely N-dealkylation sites (N-methyl/N-ethyl adjacent to an activating group) is 1. The number of carboxylic acids is 2. The summed E-state index contributed by atoms with van der Waals surface area (Å²) in [5.74, 6) is -3.75. The van der Waals surface area contributed by atoms with Gasteiger partial charge in [0.05, 0.1) is 10.6 Å². The number of carboxylic acid groups (broad SMARTS) is 2. The highest BCUT2D eigenvalue weighted by atomic mass is 32.2. The first kappa shape index (κ1) is 31.3. The quantitative estimate of drug-likeness (QED) is 0.252. The zero-order valence-electron chi connectivity index (χ0n) is 20.1. The zero-order valence-corrected chi connectivity index (χ0v) is 20.9. The van der Waals surface area contributed by atoms with Crippen molar-refractivity contribution in [2.24, 2.45) is 0 Å². The van der Waals surface area contributed by atoms with Gasteiger partial charge in [0.25, 0.3) is 0 Å². The number of carbonyl (C=O) groups is 3. The van der Waals surface area contributed by atoms with Crippen LogP contribution in [0.4, 0.5) is 4.79 Å². The van der Waals surface area contributed by atoms with Crippen LogP contribution in [-0.4, -0.2) is 105 Å². The largest absolute Gasteiger partial charge is 0.473 e. The predicted octanol–water partition coefficient (Wildman–Crippen LogP) is 1.40. The molecule has 11 nitrogen and oxygen atoms in total. The molecule has 3 N–H and O–H groups in total. The first-order valence-corrected chi connectivity index (χ1v) is 12.8. The van der Waals surface area contributed by atoms with Gasteiger partial charge in [-0.05, 0) is 38.6 Å². The van der Waals surface area contributed by atoms with E-state index in [4.69, 9.17) is 24.5 Å². The summed E-state index contributed by atoms with van der Waals surface area (Å²) in [7, 11) is -3.43. The van der Waals surface area contributed by atoms with Crippen molar-refractivity contribution in [1.82, 2.24) is 15.1 Å². The standard InChI is InChI=1S/C20H35N3O4S.C2H2O4/c1-4-22(5-2)15-13-21-20(24)23(14-10-17-27-6-3)16-18-28(25,26)19-11-8-7-9-12-19;3-1(4)2(5)6/h7-9,11-12H,4-6,10,13-18H2,1-3H3,(H,21,24);(H,3,4)(H,5,6). The van der Waals surface area contributed by atoms with E-state index in [0.29, 0.717) is 32.7 Å². The average Bonchev–Trinajstić information content (AvgIpc) is 2.82. The van der Waals surface area contributed by atoms with Crippen molar-refractivity contribution in [2.45, 2.75) is 32.1 Å². The number of rotatable bonds is 14. The van der Waals surface area contributed by atoms with E-state index < -0.39 is 21.8 Å². The van der Waals surface area contributed by atoms with E-state index in [-0.39, 0.29) is 23.2 Å². The number of urea groups is 1. The van der Waals surface area contributed by atoms with Crippen LogP contribution in [0.5, 0.6) is 0 Å². The third-order valence-electron chi connectivity index (χ3n) is 4.72. The van der Waals surface area contributed by atoms with Crippen LogP contribution >= 0.6 is 0 Å². The Morgan fingerprint density at radius 1 is 0.941 bits per heavy atom. The van der Waals surface area contributed by atoms with Crippen molar-refractivity contribution in [1.29, 1.82) is 0 Å². The van der Waals surface area contributed by atoms with Crippen molar-refractivity contribution in [3.05, 3.63) is 30.3 Å². The molecule has 0 unspecified atom stereocenters. The van der Waals surface area contributed by atoms with E-state index in [1.54, 1.807) is 35.2 Å². The van der Waals surface area contributed by atoms with Crippen LogP contribution in [0.3, 0.4) is 0 Å². The summed E-state index contributed by atoms with van der Waals surface area (Å²) in [6, 6.07) is 8.12. The molecule has 1 aromatic carbocycles. The molecule has 1 aromatic rings. The number of sulfone groups is 1. The number of nitrogens with one attached hydrogen (secondary N) is 1. The van der Waals surface area contributed by atoms with E-state index in [9.17, 15) is 13.2 Å². The van der Waals surface area contributed by atoms with E-state index >= 15 is 0 Å². The highest BCUT2D eigenvalue weighted by molar-refractivity contribution is 7.91. The van der Waals surface area contributed by atoms with Gasteiger partial charge in [0, 0.05) is 39.4 Å². The van der Waals surface area contributed by atoms with Crippen molar-refractivity contribution >= 4 is 27.8 Å². The molecule has 0 bridgehead atoms. The first-order chi connectivity index (χ1) is 16.1. The number of carbonyl (C=O) groups excluding carboxylic acids is 1. The zero-order chi connectivity index (χ0) is 26.0. The molecule has 1 rings (SSSR count). The Balaban J connectivity index is 0.00000160. The number of amides is 2. The van der Waals surface area contributed by atoms with Gasteiger partial charge in [0.15, 0.2) is 9.84 Å². The molecule has 0 spiro atoms. The van der Waals surface area contributed by atoms with Gasteiger partial charge in [-0.3, -0.25) is 0 Å². The fourth-order valence-electron chi connectivity index (χ4n) is 2.77. The highest BCUT2D eigenvalue weighted by Crippen LogP contribution is 2.10. The molecule has 0 saturated carbocycles. The number of hydrogen-bond acceptors (Lipinski definition) is 7. The van der Waals surface area contributed by atoms with Crippen LogP contribution in [0.2, 0.25) is 0 Å². The Kier molecular flexibility index (Phi) is 16.3. The summed E-state index contributed by atoms with van der Waals surface area (Å²) >= 11 is 0. The molecular weight excluding hydrogens is 466 g/mol. The van der Waals surface area contributed by atoms with Gasteiger partial charge in [0.1, 0.15) is 0 Å². The topological polar surface area (TPSA) is 154 Å². The van der Waals surface area contributed by atoms with Crippen molar-refractivity contribution in [2.75, 3.05) is 58.2 Å².